The highest BCUT2D eigenvalue weighted by Crippen LogP contribution is 2.47. The molecular formula is C28H46N12O12P2. The van der Waals surface area contributed by atoms with Crippen molar-refractivity contribution >= 4 is 61.4 Å². The van der Waals surface area contributed by atoms with Crippen LogP contribution in [0.4, 0.5) is 11.9 Å². The molecule has 4 rings (SSSR count). The number of nitrogens with zero attached hydrogens (tertiary/aromatic N) is 8. The van der Waals surface area contributed by atoms with Gasteiger partial charge in [-0.2, -0.15) is 9.97 Å². The Balaban J connectivity index is 0.000000297. The van der Waals surface area contributed by atoms with E-state index in [1.54, 1.807) is 30.2 Å². The van der Waals surface area contributed by atoms with Gasteiger partial charge in [0, 0.05) is 39.3 Å². The monoisotopic (exact) mass is 804 g/mol. The summed E-state index contributed by atoms with van der Waals surface area (Å²) in [6.07, 6.45) is 2.54. The Morgan fingerprint density at radius 3 is 1.67 bits per heavy atom. The quantitative estimate of drug-likeness (QED) is 0.0396. The summed E-state index contributed by atoms with van der Waals surface area (Å²) in [7, 11) is -7.48. The number of nitrogen functional groups attached to an aromatic ring is 2. The number of H-pyrrole nitrogens is 2. The van der Waals surface area contributed by atoms with Gasteiger partial charge in [-0.05, 0) is 20.8 Å². The lowest BCUT2D eigenvalue weighted by atomic mass is 10.4. The van der Waals surface area contributed by atoms with E-state index in [-0.39, 0.29) is 87.3 Å². The zero-order valence-corrected chi connectivity index (χ0v) is 31.8. The number of fused-ring (bicyclic) bond motifs is 2. The number of hydrogen-bond acceptors (Lipinski definition) is 17. The summed E-state index contributed by atoms with van der Waals surface area (Å²) in [5.74, 6) is -1.59. The molecule has 0 aliphatic heterocycles. The van der Waals surface area contributed by atoms with Crippen molar-refractivity contribution in [2.75, 3.05) is 82.9 Å². The van der Waals surface area contributed by atoms with E-state index in [1.165, 1.54) is 22.1 Å². The van der Waals surface area contributed by atoms with Crippen molar-refractivity contribution < 1.29 is 47.4 Å². The van der Waals surface area contributed by atoms with Gasteiger partial charge in [0.05, 0.1) is 57.9 Å². The summed E-state index contributed by atoms with van der Waals surface area (Å²) in [4.78, 5) is 88.3. The molecule has 0 saturated heterocycles. The normalized spacial score (nSPS) is 12.1. The number of hydrogen-bond donors (Lipinski definition) is 7. The molecule has 4 heterocycles. The first kappa shape index (κ1) is 43.9. The Morgan fingerprint density at radius 2 is 1.24 bits per heavy atom. The first-order chi connectivity index (χ1) is 25.5. The van der Waals surface area contributed by atoms with Gasteiger partial charge in [-0.25, -0.2) is 9.97 Å². The second-order valence-electron chi connectivity index (χ2n) is 11.4. The van der Waals surface area contributed by atoms with E-state index >= 15 is 0 Å². The van der Waals surface area contributed by atoms with Gasteiger partial charge < -0.3 is 49.3 Å². The van der Waals surface area contributed by atoms with E-state index in [9.17, 15) is 28.3 Å². The fraction of sp³-hybridized carbons (Fsp3) is 0.571. The molecule has 9 N–H and O–H groups in total. The number of nitrogens with one attached hydrogen (secondary N) is 2. The third-order valence-corrected chi connectivity index (χ3v) is 10.2. The molecular weight excluding hydrogens is 758 g/mol. The van der Waals surface area contributed by atoms with Crippen LogP contribution in [0.1, 0.15) is 20.8 Å². The van der Waals surface area contributed by atoms with Crippen LogP contribution in [0.25, 0.3) is 22.3 Å². The number of carboxylic acid groups (broad SMARTS) is 1. The minimum atomic E-state index is -4.23. The maximum atomic E-state index is 12.7. The van der Waals surface area contributed by atoms with Crippen molar-refractivity contribution in [1.82, 2.24) is 48.8 Å². The predicted octanol–water partition coefficient (Wildman–Crippen LogP) is -0.901. The number of nitrogens with two attached hydrogens (primary N) is 2. The van der Waals surface area contributed by atoms with Crippen LogP contribution in [0.3, 0.4) is 0 Å². The molecule has 0 saturated carbocycles. The van der Waals surface area contributed by atoms with Crippen LogP contribution in [0.5, 0.6) is 0 Å². The van der Waals surface area contributed by atoms with Gasteiger partial charge in [0.25, 0.3) is 11.1 Å². The number of anilines is 2. The summed E-state index contributed by atoms with van der Waals surface area (Å²) in [5, 5.41) is 8.89. The first-order valence-electron chi connectivity index (χ1n) is 16.6. The van der Waals surface area contributed by atoms with E-state index in [1.807, 2.05) is 0 Å². The van der Waals surface area contributed by atoms with Crippen LogP contribution in [-0.2, 0) is 45.6 Å². The van der Waals surface area contributed by atoms with Crippen molar-refractivity contribution in [3.8, 4) is 0 Å². The van der Waals surface area contributed by atoms with Crippen LogP contribution in [-0.4, -0.2) is 147 Å². The van der Waals surface area contributed by atoms with E-state index in [4.69, 9.17) is 40.1 Å². The average molecular weight is 805 g/mol. The predicted molar refractivity (Wildman–Crippen MR) is 195 cm³/mol. The third kappa shape index (κ3) is 13.7. The van der Waals surface area contributed by atoms with Crippen molar-refractivity contribution in [1.29, 1.82) is 0 Å². The molecule has 0 radical (unpaired) electrons. The van der Waals surface area contributed by atoms with Gasteiger partial charge >= 0.3 is 27.1 Å². The van der Waals surface area contributed by atoms with Gasteiger partial charge in [-0.3, -0.25) is 48.1 Å². The Labute approximate surface area is 307 Å². The minimum absolute atomic E-state index is 0.00741. The molecule has 24 nitrogen and oxygen atoms in total. The number of aromatic amines is 2. The third-order valence-electron chi connectivity index (χ3n) is 7.37. The number of aromatic nitrogens is 8. The fourth-order valence-electron chi connectivity index (χ4n) is 4.98. The van der Waals surface area contributed by atoms with Crippen molar-refractivity contribution in [2.24, 2.45) is 0 Å². The van der Waals surface area contributed by atoms with Crippen LogP contribution in [0.2, 0.25) is 0 Å². The van der Waals surface area contributed by atoms with Crippen molar-refractivity contribution in [3.05, 3.63) is 33.4 Å². The molecule has 0 spiro atoms. The summed E-state index contributed by atoms with van der Waals surface area (Å²) in [6.45, 7) is 7.00. The second kappa shape index (κ2) is 20.2. The number of imidazole rings is 2. The lowest BCUT2D eigenvalue weighted by molar-refractivity contribution is -0.144. The second-order valence-corrected chi connectivity index (χ2v) is 15.4. The largest absolute Gasteiger partial charge is 0.480 e. The van der Waals surface area contributed by atoms with Gasteiger partial charge in [0.1, 0.15) is 0 Å². The molecule has 0 aromatic carbocycles. The number of carbonyl (C=O) groups is 2. The summed E-state index contributed by atoms with van der Waals surface area (Å²) in [6, 6.07) is 0. The Kier molecular flexibility index (Phi) is 16.4. The molecule has 0 unspecified atom stereocenters. The molecule has 4 aromatic heterocycles. The Hall–Kier alpha value is -4.54. The number of carbonyl (C=O) groups excluding carboxylic acids is 1. The molecule has 0 aliphatic carbocycles. The average Bonchev–Trinajstić information content (AvgIpc) is 3.68. The molecule has 0 aliphatic rings. The number of ether oxygens (including phenoxy) is 1. The highest BCUT2D eigenvalue weighted by molar-refractivity contribution is 7.53. The zero-order valence-electron chi connectivity index (χ0n) is 30.0. The smallest absolute Gasteiger partial charge is 0.331 e. The lowest BCUT2D eigenvalue weighted by Crippen LogP contribution is -2.36. The molecule has 0 amide bonds. The number of carboxylic acids is 1. The van der Waals surface area contributed by atoms with E-state index in [0.29, 0.717) is 25.3 Å². The minimum Gasteiger partial charge on any atom is -0.480 e. The first-order valence-corrected chi connectivity index (χ1v) is 20.2. The zero-order chi connectivity index (χ0) is 40.1. The van der Waals surface area contributed by atoms with Crippen molar-refractivity contribution in [2.45, 2.75) is 33.9 Å². The van der Waals surface area contributed by atoms with Gasteiger partial charge in [-0.15, -0.1) is 0 Å². The fourth-order valence-corrected chi connectivity index (χ4v) is 7.17. The number of aliphatic carboxylic acids is 1. The highest BCUT2D eigenvalue weighted by atomic mass is 31.2. The van der Waals surface area contributed by atoms with E-state index in [2.05, 4.69) is 29.9 Å². The molecule has 54 heavy (non-hydrogen) atoms. The summed E-state index contributed by atoms with van der Waals surface area (Å²) < 4.78 is 42.6. The van der Waals surface area contributed by atoms with Crippen LogP contribution in [0, 0.1) is 0 Å². The standard InChI is InChI=1S/C17H29N6O6P.C11H17N6O6P/c1-4-27-13(24)11-22(9-10-30(26,28-5-2)29-6-3)7-8-23-12-19-14-15(23)20-17(18)21-16(14)25;12-11-14-9-8(10(20)15-11)13-6-17(9)2-1-16(5-7(18)19)3-4-24(21,22)23/h12H,4-11H2,1-3H3,(H3,18,20,21,25);6H,1-5H2,(H,18,19)(H2,21,22,23)(H3,12,14,15,20). The van der Waals surface area contributed by atoms with Gasteiger partial charge in [-0.1, -0.05) is 0 Å². The molecule has 0 fully saturated rings. The molecule has 26 heteroatoms. The molecule has 0 atom stereocenters. The van der Waals surface area contributed by atoms with E-state index in [0.717, 1.165) is 0 Å². The SMILES string of the molecule is CCOC(=O)CN(CCn1cnc2c(=O)[nH]c(N)nc21)CCP(=O)(OCC)OCC.Nc1nc2c(ncn2CCN(CCP(=O)(O)O)CC(=O)O)c(=O)[nH]1. The number of rotatable bonds is 21. The Morgan fingerprint density at radius 1 is 0.778 bits per heavy atom. The van der Waals surface area contributed by atoms with Crippen molar-refractivity contribution in [3.63, 3.8) is 0 Å². The maximum Gasteiger partial charge on any atom is 0.331 e. The topological polar surface area (TPSA) is 342 Å². The molecule has 0 bridgehead atoms. The highest BCUT2D eigenvalue weighted by Gasteiger charge is 2.26. The Bertz CT molecular complexity index is 2070. The summed E-state index contributed by atoms with van der Waals surface area (Å²) >= 11 is 0. The number of esters is 1. The lowest BCUT2D eigenvalue weighted by Gasteiger charge is -2.24. The van der Waals surface area contributed by atoms with Gasteiger partial charge in [0.2, 0.25) is 11.9 Å². The maximum absolute atomic E-state index is 12.7. The van der Waals surface area contributed by atoms with Crippen LogP contribution in [0.15, 0.2) is 22.2 Å². The van der Waals surface area contributed by atoms with Crippen LogP contribution < -0.4 is 22.6 Å². The van der Waals surface area contributed by atoms with Crippen LogP contribution >= 0.6 is 15.2 Å². The summed E-state index contributed by atoms with van der Waals surface area (Å²) in [5.41, 5.74) is 11.1. The molecule has 4 aromatic rings. The van der Waals surface area contributed by atoms with E-state index < -0.39 is 44.4 Å². The molecule has 300 valence electrons. The van der Waals surface area contributed by atoms with Gasteiger partial charge in [0.15, 0.2) is 22.3 Å².